The van der Waals surface area contributed by atoms with Crippen LogP contribution in [0.25, 0.3) is 77.4 Å². The van der Waals surface area contributed by atoms with Gasteiger partial charge in [-0.2, -0.15) is 0 Å². The number of benzene rings is 6. The highest BCUT2D eigenvalue weighted by atomic mass is 16.3. The Bertz CT molecular complexity index is 2160. The highest BCUT2D eigenvalue weighted by Crippen LogP contribution is 2.38. The molecule has 2 aromatic heterocycles. The third-order valence-corrected chi connectivity index (χ3v) is 7.51. The molecule has 0 amide bonds. The first-order valence-electron chi connectivity index (χ1n) is 13.1. The Kier molecular flexibility index (Phi) is 4.82. The molecular formula is C36H22N2O. The van der Waals surface area contributed by atoms with Crippen molar-refractivity contribution in [2.75, 3.05) is 0 Å². The summed E-state index contributed by atoms with van der Waals surface area (Å²) in [6.45, 7) is 0. The van der Waals surface area contributed by atoms with Crippen LogP contribution in [0, 0.1) is 0 Å². The fourth-order valence-corrected chi connectivity index (χ4v) is 5.61. The largest absolute Gasteiger partial charge is 0.455 e. The van der Waals surface area contributed by atoms with Gasteiger partial charge in [-0.1, -0.05) is 115 Å². The summed E-state index contributed by atoms with van der Waals surface area (Å²) in [5.74, 6) is 0.723. The normalized spacial score (nSPS) is 11.6. The van der Waals surface area contributed by atoms with Crippen LogP contribution in [0.5, 0.6) is 0 Å². The fourth-order valence-electron chi connectivity index (χ4n) is 5.61. The lowest BCUT2D eigenvalue weighted by atomic mass is 9.96. The standard InChI is InChI=1S/C36H22N2O/c1-2-9-24(10-3-1)34-31-12-4-6-15-32(31)37-36(38-34)25-19-17-23(18-20-25)26-13-8-14-29-27(26)21-22-30-28-11-5-7-16-33(28)39-35(29)30/h1-22H. The number of rotatable bonds is 3. The molecule has 3 nitrogen and oxygen atoms in total. The van der Waals surface area contributed by atoms with Crippen molar-refractivity contribution in [1.82, 2.24) is 9.97 Å². The average Bonchev–Trinajstić information content (AvgIpc) is 3.40. The summed E-state index contributed by atoms with van der Waals surface area (Å²) in [6, 6.07) is 46.1. The zero-order valence-corrected chi connectivity index (χ0v) is 21.0. The minimum Gasteiger partial charge on any atom is -0.455 e. The van der Waals surface area contributed by atoms with E-state index in [0.717, 1.165) is 66.4 Å². The van der Waals surface area contributed by atoms with Crippen molar-refractivity contribution in [3.8, 4) is 33.8 Å². The summed E-state index contributed by atoms with van der Waals surface area (Å²) in [4.78, 5) is 9.94. The van der Waals surface area contributed by atoms with Crippen molar-refractivity contribution < 1.29 is 4.42 Å². The third kappa shape index (κ3) is 3.52. The van der Waals surface area contributed by atoms with Crippen molar-refractivity contribution in [1.29, 1.82) is 0 Å². The molecule has 2 heterocycles. The number of hydrogen-bond acceptors (Lipinski definition) is 3. The maximum absolute atomic E-state index is 6.30. The van der Waals surface area contributed by atoms with Crippen LogP contribution < -0.4 is 0 Å². The predicted octanol–water partition coefficient (Wildman–Crippen LogP) is 9.68. The summed E-state index contributed by atoms with van der Waals surface area (Å²) < 4.78 is 6.30. The molecule has 0 aliphatic heterocycles. The lowest BCUT2D eigenvalue weighted by Gasteiger charge is -2.11. The molecule has 182 valence electrons. The van der Waals surface area contributed by atoms with E-state index in [-0.39, 0.29) is 0 Å². The van der Waals surface area contributed by atoms with Gasteiger partial charge in [-0.15, -0.1) is 0 Å². The van der Waals surface area contributed by atoms with Gasteiger partial charge in [0, 0.05) is 32.7 Å². The minimum absolute atomic E-state index is 0.723. The molecule has 39 heavy (non-hydrogen) atoms. The number of aromatic nitrogens is 2. The van der Waals surface area contributed by atoms with E-state index in [1.807, 2.05) is 42.5 Å². The fraction of sp³-hybridized carbons (Fsp3) is 0. The van der Waals surface area contributed by atoms with E-state index in [4.69, 9.17) is 14.4 Å². The van der Waals surface area contributed by atoms with Crippen LogP contribution in [-0.2, 0) is 0 Å². The van der Waals surface area contributed by atoms with E-state index in [1.54, 1.807) is 0 Å². The Hall–Kier alpha value is -5.28. The summed E-state index contributed by atoms with van der Waals surface area (Å²) in [5.41, 5.74) is 8.13. The van der Waals surface area contributed by atoms with Gasteiger partial charge in [0.1, 0.15) is 11.2 Å². The SMILES string of the molecule is c1ccc(-c2nc(-c3ccc(-c4cccc5c4ccc4c6ccccc6oc54)cc3)nc3ccccc23)cc1. The lowest BCUT2D eigenvalue weighted by molar-refractivity contribution is 0.672. The summed E-state index contributed by atoms with van der Waals surface area (Å²) in [5, 5.41) is 5.64. The van der Waals surface area contributed by atoms with E-state index in [0.29, 0.717) is 0 Å². The molecule has 0 aliphatic carbocycles. The smallest absolute Gasteiger partial charge is 0.160 e. The van der Waals surface area contributed by atoms with Gasteiger partial charge in [0.2, 0.25) is 0 Å². The molecule has 0 N–H and O–H groups in total. The van der Waals surface area contributed by atoms with Crippen LogP contribution in [0.1, 0.15) is 0 Å². The second kappa shape index (κ2) is 8.64. The summed E-state index contributed by atoms with van der Waals surface area (Å²) in [6.07, 6.45) is 0. The van der Waals surface area contributed by atoms with Crippen LogP contribution in [0.2, 0.25) is 0 Å². The number of para-hydroxylation sites is 2. The van der Waals surface area contributed by atoms with E-state index < -0.39 is 0 Å². The van der Waals surface area contributed by atoms with E-state index in [9.17, 15) is 0 Å². The molecule has 0 saturated heterocycles. The van der Waals surface area contributed by atoms with Crippen molar-refractivity contribution in [2.24, 2.45) is 0 Å². The number of fused-ring (bicyclic) bond motifs is 6. The van der Waals surface area contributed by atoms with Crippen molar-refractivity contribution >= 4 is 43.6 Å². The molecule has 0 spiro atoms. The number of furan rings is 1. The maximum atomic E-state index is 6.30. The van der Waals surface area contributed by atoms with Crippen molar-refractivity contribution in [3.63, 3.8) is 0 Å². The molecular weight excluding hydrogens is 476 g/mol. The molecule has 0 radical (unpaired) electrons. The topological polar surface area (TPSA) is 38.9 Å². The zero-order chi connectivity index (χ0) is 25.8. The first-order chi connectivity index (χ1) is 19.3. The van der Waals surface area contributed by atoms with Gasteiger partial charge in [-0.25, -0.2) is 9.97 Å². The van der Waals surface area contributed by atoms with E-state index in [1.165, 1.54) is 10.9 Å². The monoisotopic (exact) mass is 498 g/mol. The Morgan fingerprint density at radius 1 is 0.410 bits per heavy atom. The molecule has 3 heteroatoms. The predicted molar refractivity (Wildman–Crippen MR) is 161 cm³/mol. The molecule has 0 fully saturated rings. The van der Waals surface area contributed by atoms with Crippen LogP contribution in [-0.4, -0.2) is 9.97 Å². The van der Waals surface area contributed by atoms with Crippen LogP contribution in [0.3, 0.4) is 0 Å². The van der Waals surface area contributed by atoms with Gasteiger partial charge in [0.15, 0.2) is 5.82 Å². The highest BCUT2D eigenvalue weighted by Gasteiger charge is 2.14. The highest BCUT2D eigenvalue weighted by molar-refractivity contribution is 6.17. The average molecular weight is 499 g/mol. The van der Waals surface area contributed by atoms with Gasteiger partial charge in [0.05, 0.1) is 11.2 Å². The van der Waals surface area contributed by atoms with E-state index in [2.05, 4.69) is 91.0 Å². The first-order valence-corrected chi connectivity index (χ1v) is 13.1. The van der Waals surface area contributed by atoms with Gasteiger partial charge in [-0.05, 0) is 34.7 Å². The Labute approximate surface area is 225 Å². The molecule has 0 aliphatic rings. The molecule has 0 atom stereocenters. The van der Waals surface area contributed by atoms with Gasteiger partial charge in [0.25, 0.3) is 0 Å². The van der Waals surface area contributed by atoms with Gasteiger partial charge < -0.3 is 4.42 Å². The third-order valence-electron chi connectivity index (χ3n) is 7.51. The van der Waals surface area contributed by atoms with Crippen molar-refractivity contribution in [3.05, 3.63) is 133 Å². The summed E-state index contributed by atoms with van der Waals surface area (Å²) in [7, 11) is 0. The molecule has 0 bridgehead atoms. The Balaban J connectivity index is 1.25. The number of nitrogens with zero attached hydrogens (tertiary/aromatic N) is 2. The quantitative estimate of drug-likeness (QED) is 0.243. The maximum Gasteiger partial charge on any atom is 0.160 e. The zero-order valence-electron chi connectivity index (χ0n) is 21.0. The molecule has 0 saturated carbocycles. The van der Waals surface area contributed by atoms with Gasteiger partial charge >= 0.3 is 0 Å². The molecule has 0 unspecified atom stereocenters. The van der Waals surface area contributed by atoms with Gasteiger partial charge in [-0.3, -0.25) is 0 Å². The Morgan fingerprint density at radius 2 is 1.08 bits per heavy atom. The molecule has 8 rings (SSSR count). The second-order valence-electron chi connectivity index (χ2n) is 9.80. The lowest BCUT2D eigenvalue weighted by Crippen LogP contribution is -1.95. The Morgan fingerprint density at radius 3 is 1.95 bits per heavy atom. The van der Waals surface area contributed by atoms with E-state index >= 15 is 0 Å². The molecule has 8 aromatic rings. The van der Waals surface area contributed by atoms with Crippen LogP contribution >= 0.6 is 0 Å². The summed E-state index contributed by atoms with van der Waals surface area (Å²) >= 11 is 0. The minimum atomic E-state index is 0.723. The molecule has 6 aromatic carbocycles. The van der Waals surface area contributed by atoms with Crippen molar-refractivity contribution in [2.45, 2.75) is 0 Å². The number of hydrogen-bond donors (Lipinski definition) is 0. The second-order valence-corrected chi connectivity index (χ2v) is 9.80. The van der Waals surface area contributed by atoms with Crippen LogP contribution in [0.4, 0.5) is 0 Å². The first kappa shape index (κ1) is 21.8. The van der Waals surface area contributed by atoms with Crippen LogP contribution in [0.15, 0.2) is 138 Å².